The van der Waals surface area contributed by atoms with E-state index in [2.05, 4.69) is 10.4 Å². The van der Waals surface area contributed by atoms with Crippen LogP contribution in [0.15, 0.2) is 47.0 Å². The van der Waals surface area contributed by atoms with Gasteiger partial charge < -0.3 is 14.5 Å². The number of halogens is 1. The molecule has 3 rings (SSSR count). The van der Waals surface area contributed by atoms with Crippen molar-refractivity contribution in [1.82, 2.24) is 15.1 Å². The predicted octanol–water partition coefficient (Wildman–Crippen LogP) is 4.53. The van der Waals surface area contributed by atoms with E-state index in [9.17, 15) is 4.79 Å². The Kier molecular flexibility index (Phi) is 5.86. The van der Waals surface area contributed by atoms with Gasteiger partial charge in [0.25, 0.3) is 5.91 Å². The van der Waals surface area contributed by atoms with Crippen molar-refractivity contribution in [3.8, 4) is 5.75 Å². The Morgan fingerprint density at radius 3 is 2.85 bits per heavy atom. The lowest BCUT2D eigenvalue weighted by molar-refractivity contribution is 0.0907. The minimum Gasteiger partial charge on any atom is -0.486 e. The summed E-state index contributed by atoms with van der Waals surface area (Å²) in [5, 5.41) is 7.98. The molecule has 7 heteroatoms. The predicted molar refractivity (Wildman–Crippen MR) is 103 cm³/mol. The number of rotatable bonds is 7. The Bertz CT molecular complexity index is 932. The number of furan rings is 1. The van der Waals surface area contributed by atoms with E-state index < -0.39 is 0 Å². The molecule has 27 heavy (non-hydrogen) atoms. The minimum atomic E-state index is -0.290. The summed E-state index contributed by atoms with van der Waals surface area (Å²) < 4.78 is 13.1. The molecule has 1 amide bonds. The van der Waals surface area contributed by atoms with Crippen LogP contribution < -0.4 is 10.1 Å². The van der Waals surface area contributed by atoms with Gasteiger partial charge in [0, 0.05) is 17.8 Å². The van der Waals surface area contributed by atoms with Gasteiger partial charge in [0.05, 0.1) is 11.7 Å². The van der Waals surface area contributed by atoms with Crippen LogP contribution in [0.25, 0.3) is 0 Å². The number of hydrogen-bond acceptors (Lipinski definition) is 4. The maximum Gasteiger partial charge on any atom is 0.287 e. The largest absolute Gasteiger partial charge is 0.486 e. The van der Waals surface area contributed by atoms with Gasteiger partial charge in [0.15, 0.2) is 5.76 Å². The molecule has 3 aromatic rings. The monoisotopic (exact) mass is 387 g/mol. The summed E-state index contributed by atoms with van der Waals surface area (Å²) >= 11 is 6.01. The van der Waals surface area contributed by atoms with E-state index in [-0.39, 0.29) is 24.3 Å². The molecule has 142 valence electrons. The molecule has 0 spiro atoms. The van der Waals surface area contributed by atoms with Gasteiger partial charge in [-0.05, 0) is 62.7 Å². The molecule has 1 aromatic carbocycles. The van der Waals surface area contributed by atoms with Crippen LogP contribution >= 0.6 is 11.6 Å². The van der Waals surface area contributed by atoms with E-state index in [1.54, 1.807) is 24.3 Å². The second-order valence-electron chi connectivity index (χ2n) is 6.26. The molecule has 0 saturated heterocycles. The second-order valence-corrected chi connectivity index (χ2v) is 6.66. The molecule has 6 nitrogen and oxygen atoms in total. The van der Waals surface area contributed by atoms with E-state index >= 15 is 0 Å². The number of ether oxygens (including phenoxy) is 1. The van der Waals surface area contributed by atoms with E-state index in [0.717, 1.165) is 17.8 Å². The molecule has 1 atom stereocenters. The van der Waals surface area contributed by atoms with Crippen LogP contribution in [0.3, 0.4) is 0 Å². The highest BCUT2D eigenvalue weighted by Crippen LogP contribution is 2.22. The number of carbonyl (C=O) groups excluding carboxylic acids is 1. The minimum absolute atomic E-state index is 0.216. The number of hydrogen-bond donors (Lipinski definition) is 1. The van der Waals surface area contributed by atoms with Gasteiger partial charge >= 0.3 is 0 Å². The molecule has 0 aliphatic heterocycles. The summed E-state index contributed by atoms with van der Waals surface area (Å²) in [5.41, 5.74) is 1.74. The summed E-state index contributed by atoms with van der Waals surface area (Å²) in [6.45, 7) is 6.82. The lowest BCUT2D eigenvalue weighted by Gasteiger charge is -2.10. The van der Waals surface area contributed by atoms with Crippen molar-refractivity contribution in [2.45, 2.75) is 40.0 Å². The maximum absolute atomic E-state index is 12.4. The normalized spacial score (nSPS) is 12.0. The van der Waals surface area contributed by atoms with Crippen molar-refractivity contribution < 1.29 is 13.9 Å². The fourth-order valence-corrected chi connectivity index (χ4v) is 2.68. The number of benzene rings is 1. The first-order valence-electron chi connectivity index (χ1n) is 8.78. The van der Waals surface area contributed by atoms with E-state index in [4.69, 9.17) is 20.8 Å². The lowest BCUT2D eigenvalue weighted by Crippen LogP contribution is -2.26. The van der Waals surface area contributed by atoms with Crippen LogP contribution in [-0.4, -0.2) is 15.7 Å². The zero-order chi connectivity index (χ0) is 19.4. The molecule has 0 aliphatic rings. The SMILES string of the molecule is CCn1ccc(C(C)NC(=O)c2ccc(COc3ccc(Cl)c(C)c3)o2)n1. The zero-order valence-corrected chi connectivity index (χ0v) is 16.3. The van der Waals surface area contributed by atoms with Crippen molar-refractivity contribution in [1.29, 1.82) is 0 Å². The summed E-state index contributed by atoms with van der Waals surface area (Å²) in [7, 11) is 0. The Labute approximate surface area is 163 Å². The van der Waals surface area contributed by atoms with Gasteiger partial charge in [-0.15, -0.1) is 0 Å². The molecule has 0 aliphatic carbocycles. The number of nitrogens with one attached hydrogen (secondary N) is 1. The van der Waals surface area contributed by atoms with Gasteiger partial charge in [-0.1, -0.05) is 11.6 Å². The average Bonchev–Trinajstić information content (AvgIpc) is 3.32. The van der Waals surface area contributed by atoms with Crippen LogP contribution in [0.5, 0.6) is 5.75 Å². The summed E-state index contributed by atoms with van der Waals surface area (Å²) in [6.07, 6.45) is 1.89. The summed E-state index contributed by atoms with van der Waals surface area (Å²) in [6, 6.07) is 10.5. The van der Waals surface area contributed by atoms with E-state index in [0.29, 0.717) is 16.5 Å². The molecule has 1 N–H and O–H groups in total. The highest BCUT2D eigenvalue weighted by molar-refractivity contribution is 6.31. The molecular formula is C20H22ClN3O3. The first-order valence-corrected chi connectivity index (χ1v) is 9.16. The van der Waals surface area contributed by atoms with Crippen LogP contribution in [-0.2, 0) is 13.2 Å². The molecule has 0 saturated carbocycles. The Morgan fingerprint density at radius 1 is 1.33 bits per heavy atom. The van der Waals surface area contributed by atoms with Crippen LogP contribution in [0, 0.1) is 6.92 Å². The third-order valence-electron chi connectivity index (χ3n) is 4.17. The topological polar surface area (TPSA) is 69.3 Å². The highest BCUT2D eigenvalue weighted by Gasteiger charge is 2.17. The van der Waals surface area contributed by atoms with Crippen LogP contribution in [0.4, 0.5) is 0 Å². The Morgan fingerprint density at radius 2 is 2.15 bits per heavy atom. The Balaban J connectivity index is 1.57. The van der Waals surface area contributed by atoms with E-state index in [1.807, 2.05) is 43.8 Å². The van der Waals surface area contributed by atoms with Gasteiger partial charge in [0.2, 0.25) is 0 Å². The third kappa shape index (κ3) is 4.71. The van der Waals surface area contributed by atoms with Crippen molar-refractivity contribution >= 4 is 17.5 Å². The first-order chi connectivity index (χ1) is 13.0. The smallest absolute Gasteiger partial charge is 0.287 e. The average molecular weight is 388 g/mol. The van der Waals surface area contributed by atoms with Crippen molar-refractivity contribution in [2.24, 2.45) is 0 Å². The quantitative estimate of drug-likeness (QED) is 0.646. The molecular weight excluding hydrogens is 366 g/mol. The fraction of sp³-hybridized carbons (Fsp3) is 0.300. The summed E-state index contributed by atoms with van der Waals surface area (Å²) in [4.78, 5) is 12.4. The molecule has 1 unspecified atom stereocenters. The van der Waals surface area contributed by atoms with Gasteiger partial charge in [-0.25, -0.2) is 0 Å². The third-order valence-corrected chi connectivity index (χ3v) is 4.60. The molecule has 2 aromatic heterocycles. The standard InChI is InChI=1S/C20H22ClN3O3/c1-4-24-10-9-18(23-24)14(3)22-20(25)19-8-6-16(27-19)12-26-15-5-7-17(21)13(2)11-15/h5-11,14H,4,12H2,1-3H3,(H,22,25). The molecule has 0 fully saturated rings. The van der Waals surface area contributed by atoms with E-state index in [1.165, 1.54) is 0 Å². The molecule has 2 heterocycles. The van der Waals surface area contributed by atoms with Gasteiger partial charge in [-0.2, -0.15) is 5.10 Å². The summed E-state index contributed by atoms with van der Waals surface area (Å²) in [5.74, 6) is 1.21. The van der Waals surface area contributed by atoms with Crippen molar-refractivity contribution in [3.05, 3.63) is 70.4 Å². The van der Waals surface area contributed by atoms with Gasteiger partial charge in [0.1, 0.15) is 18.1 Å². The van der Waals surface area contributed by atoms with Gasteiger partial charge in [-0.3, -0.25) is 9.48 Å². The first kappa shape index (κ1) is 19.0. The number of carbonyl (C=O) groups is 1. The fourth-order valence-electron chi connectivity index (χ4n) is 2.57. The second kappa shape index (κ2) is 8.31. The highest BCUT2D eigenvalue weighted by atomic mass is 35.5. The Hall–Kier alpha value is -2.73. The van der Waals surface area contributed by atoms with Crippen LogP contribution in [0.1, 0.15) is 47.5 Å². The maximum atomic E-state index is 12.4. The number of amides is 1. The van der Waals surface area contributed by atoms with Crippen LogP contribution in [0.2, 0.25) is 5.02 Å². The number of aromatic nitrogens is 2. The van der Waals surface area contributed by atoms with Crippen molar-refractivity contribution in [2.75, 3.05) is 0 Å². The lowest BCUT2D eigenvalue weighted by atomic mass is 10.2. The number of aryl methyl sites for hydroxylation is 2. The molecule has 0 bridgehead atoms. The molecule has 0 radical (unpaired) electrons. The number of nitrogens with zero attached hydrogens (tertiary/aromatic N) is 2. The zero-order valence-electron chi connectivity index (χ0n) is 15.5. The van der Waals surface area contributed by atoms with Crippen molar-refractivity contribution in [3.63, 3.8) is 0 Å².